The summed E-state index contributed by atoms with van der Waals surface area (Å²) < 4.78 is 11.5. The summed E-state index contributed by atoms with van der Waals surface area (Å²) in [4.78, 5) is 11.8. The molecule has 0 aliphatic heterocycles. The van der Waals surface area contributed by atoms with Gasteiger partial charge in [-0.2, -0.15) is 5.10 Å². The van der Waals surface area contributed by atoms with Crippen LogP contribution in [0.3, 0.4) is 0 Å². The lowest BCUT2D eigenvalue weighted by molar-refractivity contribution is -0.123. The van der Waals surface area contributed by atoms with Gasteiger partial charge in [0.2, 0.25) is 0 Å². The number of amides is 1. The molecule has 6 heteroatoms. The first-order valence-corrected chi connectivity index (χ1v) is 8.97. The molecule has 2 rings (SSSR count). The van der Waals surface area contributed by atoms with Crippen molar-refractivity contribution in [2.24, 2.45) is 5.10 Å². The lowest BCUT2D eigenvalue weighted by Gasteiger charge is -2.19. The van der Waals surface area contributed by atoms with Gasteiger partial charge >= 0.3 is 0 Å². The van der Waals surface area contributed by atoms with Gasteiger partial charge in [-0.15, -0.1) is 0 Å². The van der Waals surface area contributed by atoms with Gasteiger partial charge in [0.15, 0.2) is 6.61 Å². The zero-order valence-corrected chi connectivity index (χ0v) is 17.0. The highest BCUT2D eigenvalue weighted by molar-refractivity contribution is 9.10. The van der Waals surface area contributed by atoms with Crippen LogP contribution in [0.1, 0.15) is 31.9 Å². The summed E-state index contributed by atoms with van der Waals surface area (Å²) in [6, 6.07) is 13.3. The van der Waals surface area contributed by atoms with Crippen LogP contribution in [0.4, 0.5) is 0 Å². The molecule has 0 aliphatic rings. The molecule has 1 N–H and O–H groups in total. The standard InChI is InChI=1S/C20H23BrN2O3/c1-20(2,3)15-6-8-16(9-7-15)26-13-19(24)23-22-12-14-5-10-18(25-4)17(21)11-14/h5-12H,13H2,1-4H3,(H,23,24)/b22-12+. The molecule has 26 heavy (non-hydrogen) atoms. The Kier molecular flexibility index (Phi) is 6.80. The van der Waals surface area contributed by atoms with Crippen LogP contribution in [0.5, 0.6) is 11.5 Å². The zero-order chi connectivity index (χ0) is 19.2. The number of benzene rings is 2. The first-order valence-electron chi connectivity index (χ1n) is 8.18. The molecular weight excluding hydrogens is 396 g/mol. The van der Waals surface area contributed by atoms with E-state index in [1.165, 1.54) is 5.56 Å². The van der Waals surface area contributed by atoms with Gasteiger partial charge in [-0.3, -0.25) is 4.79 Å². The van der Waals surface area contributed by atoms with Crippen LogP contribution in [0.2, 0.25) is 0 Å². The maximum Gasteiger partial charge on any atom is 0.277 e. The molecule has 2 aromatic carbocycles. The summed E-state index contributed by atoms with van der Waals surface area (Å²) in [5, 5.41) is 3.93. The highest BCUT2D eigenvalue weighted by Gasteiger charge is 2.13. The van der Waals surface area contributed by atoms with Crippen molar-refractivity contribution in [1.29, 1.82) is 0 Å². The third-order valence-corrected chi connectivity index (χ3v) is 4.29. The van der Waals surface area contributed by atoms with E-state index in [1.807, 2.05) is 42.5 Å². The van der Waals surface area contributed by atoms with Crippen molar-refractivity contribution < 1.29 is 14.3 Å². The Bertz CT molecular complexity index is 781. The zero-order valence-electron chi connectivity index (χ0n) is 15.4. The first-order chi connectivity index (χ1) is 12.3. The molecule has 2 aromatic rings. The Hall–Kier alpha value is -2.34. The first kappa shape index (κ1) is 20.0. The average Bonchev–Trinajstić information content (AvgIpc) is 2.60. The van der Waals surface area contributed by atoms with E-state index in [0.717, 1.165) is 15.8 Å². The molecule has 0 atom stereocenters. The van der Waals surface area contributed by atoms with Crippen molar-refractivity contribution in [2.45, 2.75) is 26.2 Å². The Morgan fingerprint density at radius 1 is 1.19 bits per heavy atom. The highest BCUT2D eigenvalue weighted by atomic mass is 79.9. The number of ether oxygens (including phenoxy) is 2. The number of nitrogens with zero attached hydrogens (tertiary/aromatic N) is 1. The summed E-state index contributed by atoms with van der Waals surface area (Å²) in [7, 11) is 1.60. The van der Waals surface area contributed by atoms with Crippen molar-refractivity contribution in [1.82, 2.24) is 5.43 Å². The quantitative estimate of drug-likeness (QED) is 0.562. The van der Waals surface area contributed by atoms with Gasteiger partial charge in [0.25, 0.3) is 5.91 Å². The van der Waals surface area contributed by atoms with E-state index in [1.54, 1.807) is 13.3 Å². The highest BCUT2D eigenvalue weighted by Crippen LogP contribution is 2.25. The Balaban J connectivity index is 1.82. The minimum absolute atomic E-state index is 0.0844. The normalized spacial score (nSPS) is 11.4. The smallest absolute Gasteiger partial charge is 0.277 e. The molecule has 0 saturated carbocycles. The molecule has 1 amide bonds. The SMILES string of the molecule is COc1ccc(/C=N/NC(=O)COc2ccc(C(C)(C)C)cc2)cc1Br. The van der Waals surface area contributed by atoms with Crippen molar-refractivity contribution in [3.05, 3.63) is 58.1 Å². The average molecular weight is 419 g/mol. The largest absolute Gasteiger partial charge is 0.496 e. The van der Waals surface area contributed by atoms with Gasteiger partial charge in [-0.25, -0.2) is 5.43 Å². The van der Waals surface area contributed by atoms with E-state index in [-0.39, 0.29) is 17.9 Å². The number of carbonyl (C=O) groups is 1. The molecule has 0 fully saturated rings. The summed E-state index contributed by atoms with van der Waals surface area (Å²) in [5.74, 6) is 1.06. The van der Waals surface area contributed by atoms with Crippen LogP contribution in [0.15, 0.2) is 52.0 Å². The number of hydrogen-bond donors (Lipinski definition) is 1. The number of nitrogens with one attached hydrogen (secondary N) is 1. The molecule has 138 valence electrons. The van der Waals surface area contributed by atoms with E-state index < -0.39 is 0 Å². The number of hydrogen-bond acceptors (Lipinski definition) is 4. The van der Waals surface area contributed by atoms with Crippen molar-refractivity contribution >= 4 is 28.1 Å². The third-order valence-electron chi connectivity index (χ3n) is 3.67. The summed E-state index contributed by atoms with van der Waals surface area (Å²) >= 11 is 3.40. The minimum Gasteiger partial charge on any atom is -0.496 e. The third kappa shape index (κ3) is 5.88. The summed E-state index contributed by atoms with van der Waals surface area (Å²) in [6.45, 7) is 6.35. The van der Waals surface area contributed by atoms with E-state index in [2.05, 4.69) is 47.2 Å². The second-order valence-electron chi connectivity index (χ2n) is 6.75. The molecule has 0 aliphatic carbocycles. The molecule has 0 saturated heterocycles. The molecular formula is C20H23BrN2O3. The summed E-state index contributed by atoms with van der Waals surface area (Å²) in [6.07, 6.45) is 1.56. The number of halogens is 1. The monoisotopic (exact) mass is 418 g/mol. The van der Waals surface area contributed by atoms with E-state index >= 15 is 0 Å². The van der Waals surface area contributed by atoms with Crippen molar-refractivity contribution in [3.8, 4) is 11.5 Å². The Morgan fingerprint density at radius 2 is 1.88 bits per heavy atom. The van der Waals surface area contributed by atoms with E-state index in [4.69, 9.17) is 9.47 Å². The second kappa shape index (κ2) is 8.85. The topological polar surface area (TPSA) is 59.9 Å². The molecule has 0 aromatic heterocycles. The number of methoxy groups -OCH3 is 1. The molecule has 0 spiro atoms. The molecule has 0 unspecified atom stereocenters. The van der Waals surface area contributed by atoms with Crippen LogP contribution < -0.4 is 14.9 Å². The van der Waals surface area contributed by atoms with Crippen LogP contribution in [0, 0.1) is 0 Å². The maximum absolute atomic E-state index is 11.8. The summed E-state index contributed by atoms with van der Waals surface area (Å²) in [5.41, 5.74) is 4.57. The fourth-order valence-corrected chi connectivity index (χ4v) is 2.73. The predicted octanol–water partition coefficient (Wildman–Crippen LogP) is 4.28. The van der Waals surface area contributed by atoms with Gasteiger partial charge in [0.1, 0.15) is 11.5 Å². The van der Waals surface area contributed by atoms with Crippen molar-refractivity contribution in [3.63, 3.8) is 0 Å². The lowest BCUT2D eigenvalue weighted by Crippen LogP contribution is -2.24. The number of rotatable bonds is 6. The molecule has 0 heterocycles. The molecule has 0 radical (unpaired) electrons. The van der Waals surface area contributed by atoms with Crippen LogP contribution >= 0.6 is 15.9 Å². The Morgan fingerprint density at radius 3 is 2.46 bits per heavy atom. The van der Waals surface area contributed by atoms with E-state index in [0.29, 0.717) is 5.75 Å². The number of carbonyl (C=O) groups excluding carboxylic acids is 1. The minimum atomic E-state index is -0.325. The number of hydrazone groups is 1. The molecule has 5 nitrogen and oxygen atoms in total. The van der Waals surface area contributed by atoms with Gasteiger partial charge < -0.3 is 9.47 Å². The van der Waals surface area contributed by atoms with Gasteiger partial charge in [-0.1, -0.05) is 32.9 Å². The fourth-order valence-electron chi connectivity index (χ4n) is 2.17. The molecule has 0 bridgehead atoms. The Labute approximate surface area is 162 Å². The van der Waals surface area contributed by atoms with Crippen LogP contribution in [0.25, 0.3) is 0 Å². The second-order valence-corrected chi connectivity index (χ2v) is 7.60. The fraction of sp³-hybridized carbons (Fsp3) is 0.300. The van der Waals surface area contributed by atoms with Gasteiger partial charge in [-0.05, 0) is 62.8 Å². The van der Waals surface area contributed by atoms with Crippen LogP contribution in [-0.4, -0.2) is 25.8 Å². The van der Waals surface area contributed by atoms with Gasteiger partial charge in [0.05, 0.1) is 17.8 Å². The van der Waals surface area contributed by atoms with Crippen LogP contribution in [-0.2, 0) is 10.2 Å². The van der Waals surface area contributed by atoms with E-state index in [9.17, 15) is 4.79 Å². The maximum atomic E-state index is 11.8. The van der Waals surface area contributed by atoms with Crippen molar-refractivity contribution in [2.75, 3.05) is 13.7 Å². The predicted molar refractivity (Wildman–Crippen MR) is 107 cm³/mol. The van der Waals surface area contributed by atoms with Gasteiger partial charge in [0, 0.05) is 0 Å². The lowest BCUT2D eigenvalue weighted by atomic mass is 9.87.